The zero-order valence-electron chi connectivity index (χ0n) is 14.8. The fourth-order valence-electron chi connectivity index (χ4n) is 3.31. The summed E-state index contributed by atoms with van der Waals surface area (Å²) in [5.74, 6) is -0.878. The summed E-state index contributed by atoms with van der Waals surface area (Å²) >= 11 is 0. The molecule has 1 fully saturated rings. The number of anilines is 1. The summed E-state index contributed by atoms with van der Waals surface area (Å²) in [5, 5.41) is 8.81. The number of carbonyl (C=O) groups is 1. The molecule has 2 aromatic rings. The van der Waals surface area contributed by atoms with Crippen molar-refractivity contribution in [2.24, 2.45) is 0 Å². The van der Waals surface area contributed by atoms with E-state index in [0.29, 0.717) is 11.3 Å². The summed E-state index contributed by atoms with van der Waals surface area (Å²) in [4.78, 5) is 15.3. The molecule has 3 rings (SSSR count). The molecule has 0 radical (unpaired) electrons. The van der Waals surface area contributed by atoms with Crippen molar-refractivity contribution in [3.05, 3.63) is 65.5 Å². The lowest BCUT2D eigenvalue weighted by atomic mass is 10.0. The minimum atomic E-state index is -4.52. The molecule has 1 unspecified atom stereocenters. The quantitative estimate of drug-likeness (QED) is 0.610. The van der Waals surface area contributed by atoms with E-state index in [4.69, 9.17) is 5.21 Å². The van der Waals surface area contributed by atoms with Crippen LogP contribution in [0.4, 0.5) is 23.2 Å². The van der Waals surface area contributed by atoms with Crippen molar-refractivity contribution < 1.29 is 27.6 Å². The number of alkyl halides is 3. The van der Waals surface area contributed by atoms with Gasteiger partial charge in [-0.25, -0.2) is 4.39 Å². The van der Waals surface area contributed by atoms with Crippen LogP contribution in [0.15, 0.2) is 48.5 Å². The number of rotatable bonds is 4. The Hall–Kier alpha value is -2.65. The average Bonchev–Trinajstić information content (AvgIpc) is 2.69. The Morgan fingerprint density at radius 3 is 2.04 bits per heavy atom. The highest BCUT2D eigenvalue weighted by Gasteiger charge is 2.45. The van der Waals surface area contributed by atoms with Gasteiger partial charge in [-0.15, -0.1) is 0 Å². The number of nitrogens with zero attached hydrogens (tertiary/aromatic N) is 2. The number of nitrogens with one attached hydrogen (secondary N) is 1. The van der Waals surface area contributed by atoms with Crippen LogP contribution in [0.25, 0.3) is 0 Å². The van der Waals surface area contributed by atoms with Crippen molar-refractivity contribution in [1.82, 2.24) is 9.80 Å². The number of halogens is 4. The van der Waals surface area contributed by atoms with Gasteiger partial charge < -0.3 is 4.90 Å². The summed E-state index contributed by atoms with van der Waals surface area (Å²) in [6, 6.07) is 8.57. The van der Waals surface area contributed by atoms with Crippen LogP contribution in [0.2, 0.25) is 0 Å². The second-order valence-electron chi connectivity index (χ2n) is 6.51. The molecule has 0 bridgehead atoms. The van der Waals surface area contributed by atoms with E-state index in [1.165, 1.54) is 34.1 Å². The largest absolute Gasteiger partial charge is 0.408 e. The monoisotopic (exact) mass is 397 g/mol. The maximum atomic E-state index is 13.6. The SMILES string of the molecule is O=C(c1ccc(NO)cc1)N1CCN(C(c2ccc(F)cc2)C(F)(F)F)CC1. The number of benzene rings is 2. The molecule has 9 heteroatoms. The minimum absolute atomic E-state index is 0.0271. The van der Waals surface area contributed by atoms with Gasteiger partial charge in [0.15, 0.2) is 0 Å². The predicted molar refractivity (Wildman–Crippen MR) is 94.5 cm³/mol. The van der Waals surface area contributed by atoms with Crippen LogP contribution < -0.4 is 5.48 Å². The lowest BCUT2D eigenvalue weighted by Crippen LogP contribution is -2.52. The van der Waals surface area contributed by atoms with Crippen molar-refractivity contribution in [3.63, 3.8) is 0 Å². The molecule has 1 saturated heterocycles. The van der Waals surface area contributed by atoms with Gasteiger partial charge in [-0.2, -0.15) is 13.2 Å². The van der Waals surface area contributed by atoms with E-state index in [1.54, 1.807) is 0 Å². The zero-order valence-corrected chi connectivity index (χ0v) is 14.8. The Bertz CT molecular complexity index is 801. The van der Waals surface area contributed by atoms with Crippen molar-refractivity contribution in [2.75, 3.05) is 31.7 Å². The molecule has 2 N–H and O–H groups in total. The molecule has 1 aliphatic heterocycles. The second kappa shape index (κ2) is 8.15. The summed E-state index contributed by atoms with van der Waals surface area (Å²) in [6.07, 6.45) is -4.52. The molecular formula is C19H19F4N3O2. The van der Waals surface area contributed by atoms with E-state index in [0.717, 1.165) is 24.3 Å². The Kier molecular flexibility index (Phi) is 5.85. The highest BCUT2D eigenvalue weighted by molar-refractivity contribution is 5.94. The Balaban J connectivity index is 1.69. The predicted octanol–water partition coefficient (Wildman–Crippen LogP) is 3.69. The van der Waals surface area contributed by atoms with Gasteiger partial charge in [-0.1, -0.05) is 12.1 Å². The molecule has 0 aromatic heterocycles. The summed E-state index contributed by atoms with van der Waals surface area (Å²) in [5.41, 5.74) is 2.75. The van der Waals surface area contributed by atoms with E-state index in [1.807, 2.05) is 5.48 Å². The van der Waals surface area contributed by atoms with Crippen LogP contribution in [-0.4, -0.2) is 53.3 Å². The molecule has 28 heavy (non-hydrogen) atoms. The van der Waals surface area contributed by atoms with E-state index in [9.17, 15) is 22.4 Å². The van der Waals surface area contributed by atoms with Crippen molar-refractivity contribution >= 4 is 11.6 Å². The second-order valence-corrected chi connectivity index (χ2v) is 6.51. The minimum Gasteiger partial charge on any atom is -0.336 e. The lowest BCUT2D eigenvalue weighted by Gasteiger charge is -2.40. The highest BCUT2D eigenvalue weighted by Crippen LogP contribution is 2.38. The molecule has 1 heterocycles. The van der Waals surface area contributed by atoms with Crippen LogP contribution >= 0.6 is 0 Å². The van der Waals surface area contributed by atoms with E-state index >= 15 is 0 Å². The molecule has 5 nitrogen and oxygen atoms in total. The molecule has 1 atom stereocenters. The van der Waals surface area contributed by atoms with Crippen molar-refractivity contribution in [2.45, 2.75) is 12.2 Å². The van der Waals surface area contributed by atoms with Gasteiger partial charge in [0.1, 0.15) is 11.9 Å². The number of piperazine rings is 1. The first kappa shape index (κ1) is 20.1. The Morgan fingerprint density at radius 2 is 1.54 bits per heavy atom. The van der Waals surface area contributed by atoms with Gasteiger partial charge in [-0.3, -0.25) is 20.4 Å². The standard InChI is InChI=1S/C19H19F4N3O2/c20-15-5-1-13(2-6-15)17(19(21,22)23)25-9-11-26(12-10-25)18(27)14-3-7-16(24-28)8-4-14/h1-8,17,24,28H,9-12H2. The third-order valence-electron chi connectivity index (χ3n) is 4.72. The summed E-state index contributed by atoms with van der Waals surface area (Å²) in [6.45, 7) is 0.381. The first-order chi connectivity index (χ1) is 13.3. The number of amides is 1. The molecule has 2 aromatic carbocycles. The first-order valence-corrected chi connectivity index (χ1v) is 8.65. The zero-order chi connectivity index (χ0) is 20.3. The molecule has 0 aliphatic carbocycles. The number of hydrogen-bond donors (Lipinski definition) is 2. The van der Waals surface area contributed by atoms with Crippen LogP contribution in [0.1, 0.15) is 22.0 Å². The maximum Gasteiger partial charge on any atom is 0.408 e. The van der Waals surface area contributed by atoms with E-state index in [2.05, 4.69) is 0 Å². The molecule has 1 amide bonds. The van der Waals surface area contributed by atoms with Gasteiger partial charge in [0.2, 0.25) is 0 Å². The highest BCUT2D eigenvalue weighted by atomic mass is 19.4. The van der Waals surface area contributed by atoms with Crippen LogP contribution in [0.3, 0.4) is 0 Å². The average molecular weight is 397 g/mol. The molecule has 150 valence electrons. The van der Waals surface area contributed by atoms with Crippen LogP contribution in [0, 0.1) is 5.82 Å². The van der Waals surface area contributed by atoms with Crippen molar-refractivity contribution in [3.8, 4) is 0 Å². The fourth-order valence-corrected chi connectivity index (χ4v) is 3.31. The molecule has 1 aliphatic rings. The Morgan fingerprint density at radius 1 is 0.964 bits per heavy atom. The number of carbonyl (C=O) groups excluding carboxylic acids is 1. The van der Waals surface area contributed by atoms with Crippen LogP contribution in [0.5, 0.6) is 0 Å². The normalized spacial score (nSPS) is 16.7. The summed E-state index contributed by atoms with van der Waals surface area (Å²) < 4.78 is 54.0. The third kappa shape index (κ3) is 4.42. The van der Waals surface area contributed by atoms with Gasteiger partial charge in [-0.05, 0) is 42.0 Å². The van der Waals surface area contributed by atoms with Gasteiger partial charge in [0.05, 0.1) is 5.69 Å². The van der Waals surface area contributed by atoms with E-state index < -0.39 is 18.0 Å². The fraction of sp³-hybridized carbons (Fsp3) is 0.316. The topological polar surface area (TPSA) is 55.8 Å². The molecule has 0 saturated carbocycles. The van der Waals surface area contributed by atoms with Crippen molar-refractivity contribution in [1.29, 1.82) is 0 Å². The van der Waals surface area contributed by atoms with Gasteiger partial charge >= 0.3 is 6.18 Å². The maximum absolute atomic E-state index is 13.6. The molecular weight excluding hydrogens is 378 g/mol. The van der Waals surface area contributed by atoms with E-state index in [-0.39, 0.29) is 37.6 Å². The Labute approximate surface area is 159 Å². The first-order valence-electron chi connectivity index (χ1n) is 8.65. The number of hydrogen-bond acceptors (Lipinski definition) is 4. The van der Waals surface area contributed by atoms with Crippen LogP contribution in [-0.2, 0) is 0 Å². The smallest absolute Gasteiger partial charge is 0.336 e. The van der Waals surface area contributed by atoms with Gasteiger partial charge in [0.25, 0.3) is 5.91 Å². The lowest BCUT2D eigenvalue weighted by molar-refractivity contribution is -0.189. The van der Waals surface area contributed by atoms with Gasteiger partial charge in [0, 0.05) is 31.7 Å². The third-order valence-corrected chi connectivity index (χ3v) is 4.72. The summed E-state index contributed by atoms with van der Waals surface area (Å²) in [7, 11) is 0. The molecule has 0 spiro atoms.